The van der Waals surface area contributed by atoms with Gasteiger partial charge in [0.25, 0.3) is 0 Å². The Morgan fingerprint density at radius 3 is 2.60 bits per heavy atom. The van der Waals surface area contributed by atoms with Crippen molar-refractivity contribution in [3.8, 4) is 0 Å². The minimum atomic E-state index is -0.263. The van der Waals surface area contributed by atoms with Gasteiger partial charge in [-0.2, -0.15) is 0 Å². The molecule has 0 aliphatic heterocycles. The summed E-state index contributed by atoms with van der Waals surface area (Å²) in [6.45, 7) is 0. The maximum absolute atomic E-state index is 13.4. The molecule has 0 amide bonds. The number of nitrogens with one attached hydrogen (secondary N) is 1. The molecule has 1 unspecified atom stereocenters. The average Bonchev–Trinajstić information content (AvgIpc) is 2.38. The van der Waals surface area contributed by atoms with E-state index >= 15 is 0 Å². The third-order valence-electron chi connectivity index (χ3n) is 3.04. The molecule has 0 aliphatic rings. The summed E-state index contributed by atoms with van der Waals surface area (Å²) in [6.07, 6.45) is 0.618. The first-order valence-corrected chi connectivity index (χ1v) is 7.61. The van der Waals surface area contributed by atoms with Crippen LogP contribution in [0.25, 0.3) is 0 Å². The van der Waals surface area contributed by atoms with Gasteiger partial charge in [-0.1, -0.05) is 39.1 Å². The highest BCUT2D eigenvalue weighted by Gasteiger charge is 2.15. The Morgan fingerprint density at radius 2 is 1.95 bits per heavy atom. The van der Waals surface area contributed by atoms with Gasteiger partial charge in [0, 0.05) is 20.6 Å². The van der Waals surface area contributed by atoms with Crippen LogP contribution >= 0.6 is 39.1 Å². The van der Waals surface area contributed by atoms with Crippen molar-refractivity contribution in [2.75, 3.05) is 7.05 Å². The summed E-state index contributed by atoms with van der Waals surface area (Å²) >= 11 is 15.5. The predicted molar refractivity (Wildman–Crippen MR) is 86.1 cm³/mol. The van der Waals surface area contributed by atoms with Gasteiger partial charge < -0.3 is 5.32 Å². The molecule has 2 aromatic carbocycles. The smallest absolute Gasteiger partial charge is 0.124 e. The molecule has 20 heavy (non-hydrogen) atoms. The lowest BCUT2D eigenvalue weighted by molar-refractivity contribution is 0.584. The average molecular weight is 377 g/mol. The monoisotopic (exact) mass is 375 g/mol. The topological polar surface area (TPSA) is 12.0 Å². The Kier molecular flexibility index (Phi) is 5.44. The minimum Gasteiger partial charge on any atom is -0.313 e. The molecule has 0 heterocycles. The van der Waals surface area contributed by atoms with Crippen LogP contribution in [0, 0.1) is 5.82 Å². The maximum atomic E-state index is 13.4. The van der Waals surface area contributed by atoms with E-state index in [1.807, 2.05) is 19.2 Å². The molecule has 1 atom stereocenters. The summed E-state index contributed by atoms with van der Waals surface area (Å²) < 4.78 is 14.2. The third kappa shape index (κ3) is 3.95. The predicted octanol–water partition coefficient (Wildman–Crippen LogP) is 5.40. The van der Waals surface area contributed by atoms with Crippen molar-refractivity contribution < 1.29 is 4.39 Å². The highest BCUT2D eigenvalue weighted by atomic mass is 79.9. The fourth-order valence-corrected chi connectivity index (χ4v) is 3.06. The van der Waals surface area contributed by atoms with E-state index in [1.165, 1.54) is 12.1 Å². The Labute approximate surface area is 136 Å². The van der Waals surface area contributed by atoms with Crippen LogP contribution < -0.4 is 5.32 Å². The molecule has 5 heteroatoms. The molecule has 1 N–H and O–H groups in total. The zero-order valence-corrected chi connectivity index (χ0v) is 13.9. The van der Waals surface area contributed by atoms with Crippen molar-refractivity contribution in [2.45, 2.75) is 12.5 Å². The fourth-order valence-electron chi connectivity index (χ4n) is 2.11. The molecule has 0 spiro atoms. The molecule has 106 valence electrons. The molecular formula is C15H13BrCl2FN. The standard InChI is InChI=1S/C15H13BrCl2FN/c1-20-15(13-8-11(17)2-3-14(13)18)6-9-4-10(16)7-12(19)5-9/h2-5,7-8,15,20H,6H2,1H3. The van der Waals surface area contributed by atoms with E-state index in [1.54, 1.807) is 12.1 Å². The summed E-state index contributed by atoms with van der Waals surface area (Å²) in [7, 11) is 1.84. The SMILES string of the molecule is CNC(Cc1cc(F)cc(Br)c1)c1cc(Cl)ccc1Cl. The largest absolute Gasteiger partial charge is 0.313 e. The van der Waals surface area contributed by atoms with Crippen LogP contribution in [0.15, 0.2) is 40.9 Å². The normalized spacial score (nSPS) is 12.4. The van der Waals surface area contributed by atoms with E-state index in [4.69, 9.17) is 23.2 Å². The van der Waals surface area contributed by atoms with Crippen LogP contribution in [0.4, 0.5) is 4.39 Å². The second-order valence-electron chi connectivity index (χ2n) is 4.49. The molecule has 2 rings (SSSR count). The van der Waals surface area contributed by atoms with Crippen molar-refractivity contribution >= 4 is 39.1 Å². The van der Waals surface area contributed by atoms with Gasteiger partial charge in [0.05, 0.1) is 0 Å². The first kappa shape index (κ1) is 15.8. The number of hydrogen-bond acceptors (Lipinski definition) is 1. The molecule has 1 nitrogen and oxygen atoms in total. The van der Waals surface area contributed by atoms with Gasteiger partial charge in [0.1, 0.15) is 5.82 Å². The van der Waals surface area contributed by atoms with Crippen LogP contribution in [-0.2, 0) is 6.42 Å². The van der Waals surface area contributed by atoms with E-state index in [-0.39, 0.29) is 11.9 Å². The summed E-state index contributed by atoms with van der Waals surface area (Å²) in [4.78, 5) is 0. The second-order valence-corrected chi connectivity index (χ2v) is 6.25. The van der Waals surface area contributed by atoms with E-state index in [2.05, 4.69) is 21.2 Å². The third-order valence-corrected chi connectivity index (χ3v) is 4.08. The van der Waals surface area contributed by atoms with Crippen molar-refractivity contribution in [1.82, 2.24) is 5.32 Å². The zero-order chi connectivity index (χ0) is 14.7. The van der Waals surface area contributed by atoms with E-state index < -0.39 is 0 Å². The van der Waals surface area contributed by atoms with Crippen molar-refractivity contribution in [1.29, 1.82) is 0 Å². The van der Waals surface area contributed by atoms with Crippen LogP contribution in [0.5, 0.6) is 0 Å². The number of hydrogen-bond donors (Lipinski definition) is 1. The van der Waals surface area contributed by atoms with Crippen LogP contribution in [-0.4, -0.2) is 7.05 Å². The highest BCUT2D eigenvalue weighted by Crippen LogP contribution is 2.29. The minimum absolute atomic E-state index is 0.0325. The Balaban J connectivity index is 2.31. The summed E-state index contributed by atoms with van der Waals surface area (Å²) in [6, 6.07) is 10.2. The number of rotatable bonds is 4. The van der Waals surface area contributed by atoms with E-state index in [0.29, 0.717) is 16.5 Å². The molecule has 0 saturated heterocycles. The molecule has 0 fully saturated rings. The number of likely N-dealkylation sites (N-methyl/N-ethyl adjacent to an activating group) is 1. The first-order chi connectivity index (χ1) is 9.49. The number of benzene rings is 2. The van der Waals surface area contributed by atoms with Gasteiger partial charge in [0.15, 0.2) is 0 Å². The Bertz CT molecular complexity index is 599. The molecule has 0 saturated carbocycles. The van der Waals surface area contributed by atoms with Gasteiger partial charge in [-0.25, -0.2) is 4.39 Å². The molecule has 0 aliphatic carbocycles. The zero-order valence-electron chi connectivity index (χ0n) is 10.8. The molecular weight excluding hydrogens is 364 g/mol. The van der Waals surface area contributed by atoms with Gasteiger partial charge >= 0.3 is 0 Å². The molecule has 0 radical (unpaired) electrons. The number of halogens is 4. The lowest BCUT2D eigenvalue weighted by Crippen LogP contribution is -2.19. The molecule has 0 aromatic heterocycles. The maximum Gasteiger partial charge on any atom is 0.124 e. The van der Waals surface area contributed by atoms with Gasteiger partial charge in [-0.3, -0.25) is 0 Å². The van der Waals surface area contributed by atoms with Gasteiger partial charge in [-0.05, 0) is 61.0 Å². The van der Waals surface area contributed by atoms with Gasteiger partial charge in [0.2, 0.25) is 0 Å². The van der Waals surface area contributed by atoms with E-state index in [0.717, 1.165) is 15.6 Å². The van der Waals surface area contributed by atoms with E-state index in [9.17, 15) is 4.39 Å². The van der Waals surface area contributed by atoms with Crippen LogP contribution in [0.2, 0.25) is 10.0 Å². The van der Waals surface area contributed by atoms with Crippen molar-refractivity contribution in [2.24, 2.45) is 0 Å². The highest BCUT2D eigenvalue weighted by molar-refractivity contribution is 9.10. The first-order valence-electron chi connectivity index (χ1n) is 6.07. The van der Waals surface area contributed by atoms with Gasteiger partial charge in [-0.15, -0.1) is 0 Å². The van der Waals surface area contributed by atoms with Crippen molar-refractivity contribution in [3.05, 3.63) is 67.9 Å². The summed E-state index contributed by atoms with van der Waals surface area (Å²) in [5, 5.41) is 4.47. The molecule has 0 bridgehead atoms. The fraction of sp³-hybridized carbons (Fsp3) is 0.200. The Morgan fingerprint density at radius 1 is 1.20 bits per heavy atom. The lowest BCUT2D eigenvalue weighted by Gasteiger charge is -2.18. The molecule has 2 aromatic rings. The lowest BCUT2D eigenvalue weighted by atomic mass is 9.99. The summed E-state index contributed by atoms with van der Waals surface area (Å²) in [5.74, 6) is -0.263. The van der Waals surface area contributed by atoms with Crippen LogP contribution in [0.1, 0.15) is 17.2 Å². The van der Waals surface area contributed by atoms with Crippen molar-refractivity contribution in [3.63, 3.8) is 0 Å². The second kappa shape index (κ2) is 6.90. The Hall–Kier alpha value is -0.610. The summed E-state index contributed by atoms with van der Waals surface area (Å²) in [5.41, 5.74) is 1.79. The quantitative estimate of drug-likeness (QED) is 0.753. The van der Waals surface area contributed by atoms with Crippen LogP contribution in [0.3, 0.4) is 0 Å².